The summed E-state index contributed by atoms with van der Waals surface area (Å²) < 4.78 is 0. The number of para-hydroxylation sites is 1. The zero-order valence-corrected chi connectivity index (χ0v) is 15.1. The van der Waals surface area contributed by atoms with Crippen molar-refractivity contribution < 1.29 is 4.79 Å². The van der Waals surface area contributed by atoms with Gasteiger partial charge >= 0.3 is 0 Å². The fourth-order valence-electron chi connectivity index (χ4n) is 3.18. The van der Waals surface area contributed by atoms with Gasteiger partial charge in [0.15, 0.2) is 0 Å². The first-order chi connectivity index (χ1) is 12.6. The number of H-pyrrole nitrogens is 1. The first kappa shape index (κ1) is 16.6. The van der Waals surface area contributed by atoms with E-state index in [4.69, 9.17) is 11.6 Å². The molecule has 0 aliphatic rings. The van der Waals surface area contributed by atoms with Gasteiger partial charge in [-0.1, -0.05) is 41.9 Å². The van der Waals surface area contributed by atoms with Crippen molar-refractivity contribution in [3.05, 3.63) is 76.6 Å². The van der Waals surface area contributed by atoms with Crippen molar-refractivity contribution in [2.24, 2.45) is 0 Å². The van der Waals surface area contributed by atoms with Crippen molar-refractivity contribution >= 4 is 39.3 Å². The molecule has 0 saturated heterocycles. The van der Waals surface area contributed by atoms with Gasteiger partial charge in [-0.3, -0.25) is 4.79 Å². The number of pyridine rings is 1. The molecule has 1 amide bonds. The molecule has 0 aliphatic heterocycles. The normalized spacial score (nSPS) is 11.2. The predicted molar refractivity (Wildman–Crippen MR) is 106 cm³/mol. The number of amides is 1. The van der Waals surface area contributed by atoms with Crippen LogP contribution in [-0.4, -0.2) is 22.4 Å². The minimum Gasteiger partial charge on any atom is -0.353 e. The van der Waals surface area contributed by atoms with E-state index in [1.807, 2.05) is 55.5 Å². The molecule has 0 saturated carbocycles. The molecule has 0 aliphatic carbocycles. The molecule has 0 fully saturated rings. The molecular weight excluding hydrogens is 346 g/mol. The monoisotopic (exact) mass is 363 g/mol. The maximum atomic E-state index is 12.5. The highest BCUT2D eigenvalue weighted by atomic mass is 35.5. The number of hydrogen-bond acceptors (Lipinski definition) is 2. The summed E-state index contributed by atoms with van der Waals surface area (Å²) in [6, 6.07) is 17.6. The molecule has 5 heteroatoms. The van der Waals surface area contributed by atoms with E-state index in [0.717, 1.165) is 39.5 Å². The molecule has 130 valence electrons. The van der Waals surface area contributed by atoms with E-state index in [1.165, 1.54) is 0 Å². The van der Waals surface area contributed by atoms with E-state index in [-0.39, 0.29) is 5.91 Å². The fourth-order valence-corrected chi connectivity index (χ4v) is 3.31. The van der Waals surface area contributed by atoms with Crippen LogP contribution in [-0.2, 0) is 6.42 Å². The van der Waals surface area contributed by atoms with Crippen LogP contribution in [0.1, 0.15) is 21.7 Å². The number of carbonyl (C=O) groups is 1. The second kappa shape index (κ2) is 6.81. The minimum atomic E-state index is -0.158. The van der Waals surface area contributed by atoms with Crippen molar-refractivity contribution in [2.75, 3.05) is 6.54 Å². The second-order valence-corrected chi connectivity index (χ2v) is 6.75. The molecule has 4 aromatic rings. The number of carbonyl (C=O) groups excluding carboxylic acids is 1. The van der Waals surface area contributed by atoms with Crippen LogP contribution in [0, 0.1) is 6.92 Å². The van der Waals surface area contributed by atoms with Gasteiger partial charge in [0.2, 0.25) is 0 Å². The molecule has 4 nitrogen and oxygen atoms in total. The van der Waals surface area contributed by atoms with Gasteiger partial charge in [0.25, 0.3) is 5.91 Å². The van der Waals surface area contributed by atoms with Gasteiger partial charge in [-0.25, -0.2) is 4.98 Å². The fraction of sp³-hybridized carbons (Fsp3) is 0.143. The van der Waals surface area contributed by atoms with E-state index >= 15 is 0 Å². The standard InChI is InChI=1S/C21H18ClN3O/c1-13-20-17(16-4-2-3-5-18(16)25-20)12-19(24-13)21(26)23-11-10-14-6-8-15(22)9-7-14/h2-9,12,25H,10-11H2,1H3,(H,23,26). The molecule has 0 radical (unpaired) electrons. The van der Waals surface area contributed by atoms with Crippen LogP contribution in [0.5, 0.6) is 0 Å². The molecule has 0 atom stereocenters. The smallest absolute Gasteiger partial charge is 0.269 e. The molecule has 2 N–H and O–H groups in total. The molecule has 2 aromatic heterocycles. The SMILES string of the molecule is Cc1nc(C(=O)NCCc2ccc(Cl)cc2)cc2c1[nH]c1ccccc12. The van der Waals surface area contributed by atoms with E-state index < -0.39 is 0 Å². The topological polar surface area (TPSA) is 57.8 Å². The maximum Gasteiger partial charge on any atom is 0.269 e. The Labute approximate surface area is 156 Å². The van der Waals surface area contributed by atoms with Crippen molar-refractivity contribution in [3.63, 3.8) is 0 Å². The van der Waals surface area contributed by atoms with E-state index in [1.54, 1.807) is 0 Å². The number of fused-ring (bicyclic) bond motifs is 3. The molecule has 26 heavy (non-hydrogen) atoms. The molecule has 4 rings (SSSR count). The van der Waals surface area contributed by atoms with Crippen LogP contribution in [0.4, 0.5) is 0 Å². The molecular formula is C21H18ClN3O. The zero-order chi connectivity index (χ0) is 18.1. The summed E-state index contributed by atoms with van der Waals surface area (Å²) in [4.78, 5) is 20.4. The van der Waals surface area contributed by atoms with Crippen LogP contribution < -0.4 is 5.32 Å². The van der Waals surface area contributed by atoms with E-state index in [2.05, 4.69) is 21.4 Å². The number of nitrogens with zero attached hydrogens (tertiary/aromatic N) is 1. The third kappa shape index (κ3) is 3.16. The van der Waals surface area contributed by atoms with Crippen LogP contribution in [0.3, 0.4) is 0 Å². The highest BCUT2D eigenvalue weighted by molar-refractivity contribution is 6.30. The van der Waals surface area contributed by atoms with Crippen molar-refractivity contribution in [3.8, 4) is 0 Å². The zero-order valence-electron chi connectivity index (χ0n) is 14.3. The summed E-state index contributed by atoms with van der Waals surface area (Å²) in [6.07, 6.45) is 0.747. The number of aryl methyl sites for hydroxylation is 1. The lowest BCUT2D eigenvalue weighted by Crippen LogP contribution is -2.26. The predicted octanol–water partition coefficient (Wildman–Crippen LogP) is 4.65. The first-order valence-corrected chi connectivity index (χ1v) is 8.90. The lowest BCUT2D eigenvalue weighted by Gasteiger charge is -2.07. The Morgan fingerprint density at radius 3 is 2.69 bits per heavy atom. The summed E-state index contributed by atoms with van der Waals surface area (Å²) in [6.45, 7) is 2.47. The Balaban J connectivity index is 1.54. The van der Waals surface area contributed by atoms with Gasteiger partial charge < -0.3 is 10.3 Å². The maximum absolute atomic E-state index is 12.5. The summed E-state index contributed by atoms with van der Waals surface area (Å²) in [5.41, 5.74) is 4.42. The first-order valence-electron chi connectivity index (χ1n) is 8.52. The third-order valence-electron chi connectivity index (χ3n) is 4.52. The second-order valence-electron chi connectivity index (χ2n) is 6.32. The Kier molecular flexibility index (Phi) is 4.35. The van der Waals surface area contributed by atoms with Gasteiger partial charge in [-0.05, 0) is 43.2 Å². The van der Waals surface area contributed by atoms with Crippen LogP contribution in [0.2, 0.25) is 5.02 Å². The molecule has 2 aromatic carbocycles. The highest BCUT2D eigenvalue weighted by Gasteiger charge is 2.13. The van der Waals surface area contributed by atoms with Crippen LogP contribution in [0.25, 0.3) is 21.8 Å². The number of aromatic amines is 1. The Bertz CT molecular complexity index is 1100. The Morgan fingerprint density at radius 2 is 1.88 bits per heavy atom. The van der Waals surface area contributed by atoms with Crippen molar-refractivity contribution in [2.45, 2.75) is 13.3 Å². The van der Waals surface area contributed by atoms with E-state index in [0.29, 0.717) is 17.3 Å². The average molecular weight is 364 g/mol. The average Bonchev–Trinajstić information content (AvgIpc) is 3.03. The van der Waals surface area contributed by atoms with Crippen LogP contribution >= 0.6 is 11.6 Å². The molecule has 0 unspecified atom stereocenters. The number of benzene rings is 2. The van der Waals surface area contributed by atoms with Crippen molar-refractivity contribution in [1.82, 2.24) is 15.3 Å². The molecule has 2 heterocycles. The minimum absolute atomic E-state index is 0.158. The van der Waals surface area contributed by atoms with Gasteiger partial charge in [0.1, 0.15) is 5.69 Å². The lowest BCUT2D eigenvalue weighted by atomic mass is 10.1. The molecule has 0 spiro atoms. The Hall–Kier alpha value is -2.85. The largest absolute Gasteiger partial charge is 0.353 e. The molecule has 0 bridgehead atoms. The number of aromatic nitrogens is 2. The number of nitrogens with one attached hydrogen (secondary N) is 2. The Morgan fingerprint density at radius 1 is 1.12 bits per heavy atom. The van der Waals surface area contributed by atoms with Gasteiger partial charge in [-0.15, -0.1) is 0 Å². The summed E-state index contributed by atoms with van der Waals surface area (Å²) in [5, 5.41) is 5.79. The van der Waals surface area contributed by atoms with Crippen molar-refractivity contribution in [1.29, 1.82) is 0 Å². The van der Waals surface area contributed by atoms with Gasteiger partial charge in [0.05, 0.1) is 11.2 Å². The van der Waals surface area contributed by atoms with Crippen LogP contribution in [0.15, 0.2) is 54.6 Å². The summed E-state index contributed by atoms with van der Waals surface area (Å²) in [5.74, 6) is -0.158. The third-order valence-corrected chi connectivity index (χ3v) is 4.77. The van der Waals surface area contributed by atoms with E-state index in [9.17, 15) is 4.79 Å². The summed E-state index contributed by atoms with van der Waals surface area (Å²) in [7, 11) is 0. The lowest BCUT2D eigenvalue weighted by molar-refractivity contribution is 0.0949. The van der Waals surface area contributed by atoms with Gasteiger partial charge in [0, 0.05) is 27.9 Å². The quantitative estimate of drug-likeness (QED) is 0.554. The highest BCUT2D eigenvalue weighted by Crippen LogP contribution is 2.27. The number of halogens is 1. The van der Waals surface area contributed by atoms with Gasteiger partial charge in [-0.2, -0.15) is 0 Å². The summed E-state index contributed by atoms with van der Waals surface area (Å²) >= 11 is 5.89. The number of hydrogen-bond donors (Lipinski definition) is 2. The number of rotatable bonds is 4.